The standard InChI is InChI=1S/C25H18F6N4O3S/c1-36-20-10-18-19(11-21(20)37-2)32-12-33-22(18)38-17-5-3-4-15(9-17)34-23(39)35-16-7-13(24(26,27)28)6-14(8-16)25(29,30)31/h3-12H,1-2H3,(H2,34,35,39). The SMILES string of the molecule is COc1cc2ncnc(Oc3cccc(NC(=S)Nc4cc(C(F)(F)F)cc(C(F)(F)F)c4)c3)c2cc1OC. The molecule has 14 heteroatoms. The topological polar surface area (TPSA) is 77.5 Å². The average Bonchev–Trinajstić information content (AvgIpc) is 2.87. The fourth-order valence-corrected chi connectivity index (χ4v) is 3.75. The van der Waals surface area contributed by atoms with Gasteiger partial charge in [0.25, 0.3) is 0 Å². The molecule has 0 radical (unpaired) electrons. The zero-order valence-corrected chi connectivity index (χ0v) is 20.9. The van der Waals surface area contributed by atoms with Crippen LogP contribution in [-0.2, 0) is 12.4 Å². The van der Waals surface area contributed by atoms with E-state index in [-0.39, 0.29) is 17.1 Å². The van der Waals surface area contributed by atoms with Crippen molar-refractivity contribution >= 4 is 39.6 Å². The number of halogens is 6. The average molecular weight is 568 g/mol. The first-order chi connectivity index (χ1) is 18.4. The van der Waals surface area contributed by atoms with Crippen molar-refractivity contribution in [1.29, 1.82) is 0 Å². The van der Waals surface area contributed by atoms with Gasteiger partial charge in [-0.3, -0.25) is 0 Å². The van der Waals surface area contributed by atoms with E-state index >= 15 is 0 Å². The summed E-state index contributed by atoms with van der Waals surface area (Å²) >= 11 is 5.11. The molecule has 2 N–H and O–H groups in total. The summed E-state index contributed by atoms with van der Waals surface area (Å²) in [5.41, 5.74) is -2.56. The molecular formula is C25H18F6N4O3S. The molecule has 4 aromatic rings. The van der Waals surface area contributed by atoms with Gasteiger partial charge in [0.1, 0.15) is 12.1 Å². The Kier molecular flexibility index (Phi) is 7.67. The minimum atomic E-state index is -4.99. The van der Waals surface area contributed by atoms with Crippen LogP contribution in [0.15, 0.2) is 60.9 Å². The smallest absolute Gasteiger partial charge is 0.416 e. The second-order valence-corrected chi connectivity index (χ2v) is 8.31. The Balaban J connectivity index is 1.54. The number of hydrogen-bond donors (Lipinski definition) is 2. The summed E-state index contributed by atoms with van der Waals surface area (Å²) < 4.78 is 95.4. The number of rotatable bonds is 6. The Morgan fingerprint density at radius 2 is 1.38 bits per heavy atom. The van der Waals surface area contributed by atoms with Crippen LogP contribution in [0.4, 0.5) is 37.7 Å². The van der Waals surface area contributed by atoms with Crippen molar-refractivity contribution in [2.24, 2.45) is 0 Å². The van der Waals surface area contributed by atoms with E-state index in [2.05, 4.69) is 20.6 Å². The van der Waals surface area contributed by atoms with E-state index in [0.29, 0.717) is 46.0 Å². The van der Waals surface area contributed by atoms with Gasteiger partial charge in [0.2, 0.25) is 5.88 Å². The molecule has 4 rings (SSSR count). The molecule has 0 unspecified atom stereocenters. The summed E-state index contributed by atoms with van der Waals surface area (Å²) in [6.45, 7) is 0. The summed E-state index contributed by atoms with van der Waals surface area (Å²) in [5.74, 6) is 1.39. The molecule has 0 aliphatic heterocycles. The Morgan fingerprint density at radius 1 is 0.769 bits per heavy atom. The van der Waals surface area contributed by atoms with Crippen LogP contribution in [0.2, 0.25) is 0 Å². The van der Waals surface area contributed by atoms with Gasteiger partial charge < -0.3 is 24.8 Å². The number of ether oxygens (including phenoxy) is 3. The molecule has 0 amide bonds. The lowest BCUT2D eigenvalue weighted by Gasteiger charge is -2.16. The number of nitrogens with zero attached hydrogens (tertiary/aromatic N) is 2. The number of fused-ring (bicyclic) bond motifs is 1. The van der Waals surface area contributed by atoms with Crippen LogP contribution in [0.3, 0.4) is 0 Å². The second-order valence-electron chi connectivity index (χ2n) is 7.91. The third-order valence-corrected chi connectivity index (χ3v) is 5.46. The van der Waals surface area contributed by atoms with Crippen molar-refractivity contribution in [2.45, 2.75) is 12.4 Å². The summed E-state index contributed by atoms with van der Waals surface area (Å²) in [5, 5.41) is 5.35. The Bertz CT molecular complexity index is 1500. The van der Waals surface area contributed by atoms with E-state index < -0.39 is 29.2 Å². The van der Waals surface area contributed by atoms with E-state index in [1.54, 1.807) is 30.3 Å². The first-order valence-corrected chi connectivity index (χ1v) is 11.3. The van der Waals surface area contributed by atoms with E-state index in [0.717, 1.165) is 0 Å². The highest BCUT2D eigenvalue weighted by atomic mass is 32.1. The predicted octanol–water partition coefficient (Wildman–Crippen LogP) is 7.29. The van der Waals surface area contributed by atoms with Crippen molar-refractivity contribution in [3.05, 3.63) is 72.1 Å². The highest BCUT2D eigenvalue weighted by molar-refractivity contribution is 7.80. The fourth-order valence-electron chi connectivity index (χ4n) is 3.51. The van der Waals surface area contributed by atoms with Crippen molar-refractivity contribution in [1.82, 2.24) is 9.97 Å². The van der Waals surface area contributed by atoms with Gasteiger partial charge in [-0.15, -0.1) is 0 Å². The van der Waals surface area contributed by atoms with Crippen molar-refractivity contribution in [3.8, 4) is 23.1 Å². The Hall–Kier alpha value is -4.33. The van der Waals surface area contributed by atoms with Gasteiger partial charge in [0.05, 0.1) is 36.2 Å². The number of nitrogens with one attached hydrogen (secondary N) is 2. The lowest BCUT2D eigenvalue weighted by molar-refractivity contribution is -0.143. The monoisotopic (exact) mass is 568 g/mol. The molecule has 1 heterocycles. The number of benzene rings is 3. The molecule has 0 fully saturated rings. The molecule has 1 aromatic heterocycles. The predicted molar refractivity (Wildman–Crippen MR) is 135 cm³/mol. The van der Waals surface area contributed by atoms with Crippen LogP contribution < -0.4 is 24.8 Å². The molecule has 0 saturated heterocycles. The summed E-state index contributed by atoms with van der Waals surface area (Å²) in [4.78, 5) is 8.37. The van der Waals surface area contributed by atoms with Gasteiger partial charge in [0, 0.05) is 23.5 Å². The van der Waals surface area contributed by atoms with Gasteiger partial charge in [-0.2, -0.15) is 26.3 Å². The maximum atomic E-state index is 13.1. The highest BCUT2D eigenvalue weighted by Gasteiger charge is 2.37. The second kappa shape index (κ2) is 10.8. The van der Waals surface area contributed by atoms with Crippen LogP contribution in [0.1, 0.15) is 11.1 Å². The van der Waals surface area contributed by atoms with Crippen LogP contribution in [0.25, 0.3) is 10.9 Å². The van der Waals surface area contributed by atoms with Crippen molar-refractivity contribution < 1.29 is 40.6 Å². The number of hydrogen-bond acceptors (Lipinski definition) is 6. The number of methoxy groups -OCH3 is 2. The van der Waals surface area contributed by atoms with Crippen LogP contribution in [0.5, 0.6) is 23.1 Å². The molecular weight excluding hydrogens is 550 g/mol. The number of alkyl halides is 6. The van der Waals surface area contributed by atoms with E-state index in [9.17, 15) is 26.3 Å². The number of aromatic nitrogens is 2. The summed E-state index contributed by atoms with van der Waals surface area (Å²) in [6.07, 6.45) is -8.67. The molecule has 39 heavy (non-hydrogen) atoms. The molecule has 0 saturated carbocycles. The Morgan fingerprint density at radius 3 is 2.00 bits per heavy atom. The number of anilines is 2. The minimum absolute atomic E-state index is 0.0327. The fraction of sp³-hybridized carbons (Fsp3) is 0.160. The van der Waals surface area contributed by atoms with E-state index in [1.165, 1.54) is 26.6 Å². The van der Waals surface area contributed by atoms with E-state index in [1.807, 2.05) is 0 Å². The van der Waals surface area contributed by atoms with Crippen molar-refractivity contribution in [3.63, 3.8) is 0 Å². The highest BCUT2D eigenvalue weighted by Crippen LogP contribution is 2.38. The van der Waals surface area contributed by atoms with Gasteiger partial charge in [-0.1, -0.05) is 6.07 Å². The molecule has 0 spiro atoms. The molecule has 7 nitrogen and oxygen atoms in total. The third-order valence-electron chi connectivity index (χ3n) is 5.26. The minimum Gasteiger partial charge on any atom is -0.493 e. The molecule has 0 aliphatic rings. The van der Waals surface area contributed by atoms with Crippen molar-refractivity contribution in [2.75, 3.05) is 24.9 Å². The zero-order chi connectivity index (χ0) is 28.4. The third kappa shape index (κ3) is 6.57. The molecule has 0 atom stereocenters. The van der Waals surface area contributed by atoms with Gasteiger partial charge in [-0.25, -0.2) is 9.97 Å². The van der Waals surface area contributed by atoms with Gasteiger partial charge >= 0.3 is 12.4 Å². The maximum absolute atomic E-state index is 13.1. The molecule has 204 valence electrons. The molecule has 0 bridgehead atoms. The number of thiocarbonyl (C=S) groups is 1. The normalized spacial score (nSPS) is 11.7. The Labute approximate surface area is 222 Å². The first-order valence-electron chi connectivity index (χ1n) is 10.9. The lowest BCUT2D eigenvalue weighted by atomic mass is 10.1. The van der Waals surface area contributed by atoms with Crippen LogP contribution in [-0.4, -0.2) is 29.3 Å². The van der Waals surface area contributed by atoms with Crippen LogP contribution >= 0.6 is 12.2 Å². The van der Waals surface area contributed by atoms with E-state index in [4.69, 9.17) is 26.4 Å². The lowest BCUT2D eigenvalue weighted by Crippen LogP contribution is -2.20. The maximum Gasteiger partial charge on any atom is 0.416 e. The summed E-state index contributed by atoms with van der Waals surface area (Å²) in [7, 11) is 2.96. The largest absolute Gasteiger partial charge is 0.493 e. The molecule has 3 aromatic carbocycles. The van der Waals surface area contributed by atoms with Gasteiger partial charge in [-0.05, 0) is 48.6 Å². The molecule has 0 aliphatic carbocycles. The first kappa shape index (κ1) is 27.7. The van der Waals surface area contributed by atoms with Crippen LogP contribution in [0, 0.1) is 0 Å². The zero-order valence-electron chi connectivity index (χ0n) is 20.1. The quantitative estimate of drug-likeness (QED) is 0.186. The van der Waals surface area contributed by atoms with Gasteiger partial charge in [0.15, 0.2) is 16.6 Å². The summed E-state index contributed by atoms with van der Waals surface area (Å²) in [6, 6.07) is 10.7.